The van der Waals surface area contributed by atoms with Gasteiger partial charge in [0.1, 0.15) is 0 Å². The summed E-state index contributed by atoms with van der Waals surface area (Å²) in [4.78, 5) is 0. The lowest BCUT2D eigenvalue weighted by molar-refractivity contribution is 0.0358. The average molecular weight is 281 g/mol. The van der Waals surface area contributed by atoms with Crippen LogP contribution in [0.2, 0.25) is 0 Å². The van der Waals surface area contributed by atoms with Gasteiger partial charge in [0, 0.05) is 12.0 Å². The van der Waals surface area contributed by atoms with Gasteiger partial charge in [-0.15, -0.1) is 0 Å². The van der Waals surface area contributed by atoms with Crippen molar-refractivity contribution in [2.75, 3.05) is 6.54 Å². The molecule has 2 aromatic carbocycles. The molecule has 0 aromatic heterocycles. The number of aryl methyl sites for hydroxylation is 1. The Morgan fingerprint density at radius 3 is 2.10 bits per heavy atom. The third-order valence-corrected chi connectivity index (χ3v) is 4.89. The Kier molecular flexibility index (Phi) is 3.83. The van der Waals surface area contributed by atoms with Crippen LogP contribution in [0.4, 0.5) is 0 Å². The Morgan fingerprint density at radius 1 is 1.05 bits per heavy atom. The maximum atomic E-state index is 10.9. The van der Waals surface area contributed by atoms with Crippen molar-refractivity contribution in [1.29, 1.82) is 0 Å². The van der Waals surface area contributed by atoms with Crippen LogP contribution in [0.15, 0.2) is 48.5 Å². The van der Waals surface area contributed by atoms with E-state index in [9.17, 15) is 5.11 Å². The molecule has 0 saturated heterocycles. The monoisotopic (exact) mass is 281 g/mol. The van der Waals surface area contributed by atoms with E-state index in [2.05, 4.69) is 43.3 Å². The number of benzene rings is 2. The maximum Gasteiger partial charge on any atom is 0.0864 e. The summed E-state index contributed by atoms with van der Waals surface area (Å²) in [5, 5.41) is 10.9. The molecule has 0 fully saturated rings. The summed E-state index contributed by atoms with van der Waals surface area (Å²) in [6, 6.07) is 16.7. The van der Waals surface area contributed by atoms with Gasteiger partial charge < -0.3 is 10.8 Å². The quantitative estimate of drug-likeness (QED) is 0.905. The first-order chi connectivity index (χ1) is 10.2. The first kappa shape index (κ1) is 14.3. The standard InChI is InChI=1S/C19H23NO/c1-2-14-7-9-15(10-8-14)18(21)19(13-20)11-16-5-3-4-6-17(16)12-19/h3-10,18,21H,2,11-13,20H2,1H3. The van der Waals surface area contributed by atoms with Crippen molar-refractivity contribution in [1.82, 2.24) is 0 Å². The lowest BCUT2D eigenvalue weighted by atomic mass is 9.76. The molecule has 0 bridgehead atoms. The minimum absolute atomic E-state index is 0.266. The zero-order valence-electron chi connectivity index (χ0n) is 12.5. The molecule has 1 atom stereocenters. The van der Waals surface area contributed by atoms with Crippen molar-refractivity contribution in [3.05, 3.63) is 70.8 Å². The van der Waals surface area contributed by atoms with Crippen molar-refractivity contribution < 1.29 is 5.11 Å². The SMILES string of the molecule is CCc1ccc(C(O)C2(CN)Cc3ccccc3C2)cc1. The van der Waals surface area contributed by atoms with Crippen LogP contribution in [-0.2, 0) is 19.3 Å². The second kappa shape index (κ2) is 5.63. The van der Waals surface area contributed by atoms with E-state index in [4.69, 9.17) is 5.73 Å². The van der Waals surface area contributed by atoms with E-state index in [1.807, 2.05) is 12.1 Å². The van der Waals surface area contributed by atoms with Crippen LogP contribution in [0.1, 0.15) is 35.3 Å². The van der Waals surface area contributed by atoms with Gasteiger partial charge in [-0.25, -0.2) is 0 Å². The summed E-state index contributed by atoms with van der Waals surface area (Å²) in [5.41, 5.74) is 10.7. The Hall–Kier alpha value is -1.64. The van der Waals surface area contributed by atoms with Crippen molar-refractivity contribution >= 4 is 0 Å². The summed E-state index contributed by atoms with van der Waals surface area (Å²) < 4.78 is 0. The topological polar surface area (TPSA) is 46.2 Å². The van der Waals surface area contributed by atoms with Crippen LogP contribution in [-0.4, -0.2) is 11.7 Å². The Morgan fingerprint density at radius 2 is 1.62 bits per heavy atom. The predicted molar refractivity (Wildman–Crippen MR) is 86.1 cm³/mol. The number of rotatable bonds is 4. The molecule has 0 radical (unpaired) electrons. The molecule has 0 saturated carbocycles. The van der Waals surface area contributed by atoms with Crippen LogP contribution in [0, 0.1) is 5.41 Å². The second-order valence-corrected chi connectivity index (χ2v) is 6.19. The summed E-state index contributed by atoms with van der Waals surface area (Å²) in [7, 11) is 0. The van der Waals surface area contributed by atoms with E-state index in [1.165, 1.54) is 16.7 Å². The number of hydrogen-bond donors (Lipinski definition) is 2. The van der Waals surface area contributed by atoms with Crippen molar-refractivity contribution in [2.24, 2.45) is 11.1 Å². The van der Waals surface area contributed by atoms with Gasteiger partial charge in [-0.05, 0) is 41.5 Å². The first-order valence-electron chi connectivity index (χ1n) is 7.72. The van der Waals surface area contributed by atoms with Gasteiger partial charge in [0.25, 0.3) is 0 Å². The minimum atomic E-state index is -0.513. The zero-order chi connectivity index (χ0) is 14.9. The van der Waals surface area contributed by atoms with E-state index >= 15 is 0 Å². The summed E-state index contributed by atoms with van der Waals surface area (Å²) >= 11 is 0. The minimum Gasteiger partial charge on any atom is -0.388 e. The molecular formula is C19H23NO. The average Bonchev–Trinajstić information content (AvgIpc) is 2.94. The number of fused-ring (bicyclic) bond motifs is 1. The normalized spacial score (nSPS) is 17.5. The molecule has 21 heavy (non-hydrogen) atoms. The van der Waals surface area contributed by atoms with Crippen LogP contribution in [0.25, 0.3) is 0 Å². The molecule has 110 valence electrons. The van der Waals surface area contributed by atoms with Crippen LogP contribution >= 0.6 is 0 Å². The van der Waals surface area contributed by atoms with E-state index in [0.29, 0.717) is 6.54 Å². The highest BCUT2D eigenvalue weighted by Gasteiger charge is 2.42. The Bertz CT molecular complexity index is 593. The molecule has 3 rings (SSSR count). The molecular weight excluding hydrogens is 258 g/mol. The summed E-state index contributed by atoms with van der Waals surface area (Å²) in [6.45, 7) is 2.64. The highest BCUT2D eigenvalue weighted by atomic mass is 16.3. The summed E-state index contributed by atoms with van der Waals surface area (Å²) in [6.07, 6.45) is 2.22. The van der Waals surface area contributed by atoms with Crippen molar-refractivity contribution in [3.63, 3.8) is 0 Å². The van der Waals surface area contributed by atoms with Gasteiger partial charge in [-0.3, -0.25) is 0 Å². The highest BCUT2D eigenvalue weighted by Crippen LogP contribution is 2.45. The van der Waals surface area contributed by atoms with Crippen LogP contribution in [0.5, 0.6) is 0 Å². The van der Waals surface area contributed by atoms with E-state index < -0.39 is 6.10 Å². The van der Waals surface area contributed by atoms with Gasteiger partial charge in [0.2, 0.25) is 0 Å². The number of hydrogen-bond acceptors (Lipinski definition) is 2. The first-order valence-corrected chi connectivity index (χ1v) is 7.72. The van der Waals surface area contributed by atoms with Crippen molar-refractivity contribution in [2.45, 2.75) is 32.3 Å². The molecule has 1 aliphatic rings. The molecule has 2 aromatic rings. The molecule has 1 unspecified atom stereocenters. The lowest BCUT2D eigenvalue weighted by Crippen LogP contribution is -2.37. The molecule has 0 spiro atoms. The smallest absolute Gasteiger partial charge is 0.0864 e. The second-order valence-electron chi connectivity index (χ2n) is 6.19. The molecule has 0 aliphatic heterocycles. The van der Waals surface area contributed by atoms with E-state index in [1.54, 1.807) is 0 Å². The van der Waals surface area contributed by atoms with Gasteiger partial charge in [-0.2, -0.15) is 0 Å². The van der Waals surface area contributed by atoms with Crippen molar-refractivity contribution in [3.8, 4) is 0 Å². The summed E-state index contributed by atoms with van der Waals surface area (Å²) in [5.74, 6) is 0. The molecule has 2 heteroatoms. The van der Waals surface area contributed by atoms with Gasteiger partial charge in [-0.1, -0.05) is 55.5 Å². The molecule has 3 N–H and O–H groups in total. The number of nitrogens with two attached hydrogens (primary N) is 1. The fourth-order valence-corrected chi connectivity index (χ4v) is 3.46. The molecule has 1 aliphatic carbocycles. The lowest BCUT2D eigenvalue weighted by Gasteiger charge is -2.33. The maximum absolute atomic E-state index is 10.9. The van der Waals surface area contributed by atoms with Gasteiger partial charge >= 0.3 is 0 Å². The third kappa shape index (κ3) is 2.50. The number of aliphatic hydroxyl groups excluding tert-OH is 1. The Balaban J connectivity index is 1.90. The van der Waals surface area contributed by atoms with Gasteiger partial charge in [0.05, 0.1) is 6.10 Å². The van der Waals surface area contributed by atoms with E-state index in [0.717, 1.165) is 24.8 Å². The van der Waals surface area contributed by atoms with Crippen LogP contribution < -0.4 is 5.73 Å². The molecule has 0 amide bonds. The Labute approximate surface area is 126 Å². The number of aliphatic hydroxyl groups is 1. The fourth-order valence-electron chi connectivity index (χ4n) is 3.46. The highest BCUT2D eigenvalue weighted by molar-refractivity contribution is 5.37. The van der Waals surface area contributed by atoms with E-state index in [-0.39, 0.29) is 5.41 Å². The predicted octanol–water partition coefficient (Wildman–Crippen LogP) is 3.03. The fraction of sp³-hybridized carbons (Fsp3) is 0.368. The molecule has 0 heterocycles. The van der Waals surface area contributed by atoms with Crippen LogP contribution in [0.3, 0.4) is 0 Å². The van der Waals surface area contributed by atoms with Gasteiger partial charge in [0.15, 0.2) is 0 Å². The largest absolute Gasteiger partial charge is 0.388 e. The molecule has 2 nitrogen and oxygen atoms in total. The zero-order valence-corrected chi connectivity index (χ0v) is 12.5. The third-order valence-electron chi connectivity index (χ3n) is 4.89.